The molecule has 74 valence electrons. The first-order valence-corrected chi connectivity index (χ1v) is 4.00. The summed E-state index contributed by atoms with van der Waals surface area (Å²) in [6.07, 6.45) is 0.0938. The quantitative estimate of drug-likeness (QED) is 0.611. The van der Waals surface area contributed by atoms with Crippen molar-refractivity contribution in [3.63, 3.8) is 0 Å². The monoisotopic (exact) mass is 192 g/mol. The van der Waals surface area contributed by atoms with Gasteiger partial charge in [0.05, 0.1) is 6.10 Å². The third kappa shape index (κ3) is 3.63. The van der Waals surface area contributed by atoms with E-state index in [4.69, 9.17) is 0 Å². The van der Waals surface area contributed by atoms with Crippen molar-refractivity contribution in [1.29, 1.82) is 0 Å². The largest absolute Gasteiger partial charge is 0.411 e. The summed E-state index contributed by atoms with van der Waals surface area (Å²) >= 11 is 0. The molecule has 0 aromatic rings. The molecule has 1 aliphatic rings. The predicted molar refractivity (Wildman–Crippen MR) is 43.3 cm³/mol. The van der Waals surface area contributed by atoms with Gasteiger partial charge in [0.1, 0.15) is 6.61 Å². The summed E-state index contributed by atoms with van der Waals surface area (Å²) in [5, 5.41) is 0. The normalized spacial score (nSPS) is 23.6. The van der Waals surface area contributed by atoms with Crippen molar-refractivity contribution < 1.29 is 17.9 Å². The Hall–Kier alpha value is -0.770. The smallest absolute Gasteiger partial charge is 0.364 e. The molecule has 0 bridgehead atoms. The number of allylic oxidation sites excluding steroid dienone is 1. The van der Waals surface area contributed by atoms with Gasteiger partial charge < -0.3 is 4.74 Å². The maximum absolute atomic E-state index is 11.8. The fourth-order valence-corrected chi connectivity index (χ4v) is 1.13. The number of halogens is 3. The average molecular weight is 192 g/mol. The van der Waals surface area contributed by atoms with Crippen LogP contribution in [0, 0.1) is 0 Å². The fraction of sp³-hybridized carbons (Fsp3) is 0.556. The summed E-state index contributed by atoms with van der Waals surface area (Å²) in [6, 6.07) is 0. The van der Waals surface area contributed by atoms with Crippen LogP contribution in [0.25, 0.3) is 0 Å². The second-order valence-electron chi connectivity index (χ2n) is 2.98. The molecule has 0 N–H and O–H groups in total. The average Bonchev–Trinajstić information content (AvgIpc) is 2.01. The van der Waals surface area contributed by atoms with E-state index < -0.39 is 18.9 Å². The summed E-state index contributed by atoms with van der Waals surface area (Å²) in [6.45, 7) is 2.46. The van der Waals surface area contributed by atoms with Crippen molar-refractivity contribution in [1.82, 2.24) is 0 Å². The number of rotatable bonds is 2. The van der Waals surface area contributed by atoms with Gasteiger partial charge in [0, 0.05) is 0 Å². The van der Waals surface area contributed by atoms with Crippen molar-refractivity contribution in [2.24, 2.45) is 0 Å². The lowest BCUT2D eigenvalue weighted by molar-refractivity contribution is -0.181. The van der Waals surface area contributed by atoms with Crippen LogP contribution in [-0.4, -0.2) is 18.9 Å². The molecule has 0 saturated carbocycles. The van der Waals surface area contributed by atoms with Gasteiger partial charge in [-0.05, 0) is 18.4 Å². The van der Waals surface area contributed by atoms with E-state index in [0.29, 0.717) is 18.4 Å². The summed E-state index contributed by atoms with van der Waals surface area (Å²) < 4.78 is 40.0. The molecule has 0 saturated heterocycles. The first-order valence-electron chi connectivity index (χ1n) is 4.00. The van der Waals surface area contributed by atoms with E-state index in [0.717, 1.165) is 0 Å². The van der Waals surface area contributed by atoms with Crippen LogP contribution in [0.4, 0.5) is 13.2 Å². The molecule has 0 spiro atoms. The van der Waals surface area contributed by atoms with Crippen LogP contribution in [0.15, 0.2) is 24.3 Å². The number of hydrogen-bond donors (Lipinski definition) is 0. The minimum atomic E-state index is -4.25. The number of ether oxygens (including phenoxy) is 1. The molecule has 4 heteroatoms. The Labute approximate surface area is 74.9 Å². The van der Waals surface area contributed by atoms with Crippen molar-refractivity contribution >= 4 is 0 Å². The van der Waals surface area contributed by atoms with Gasteiger partial charge in [0.25, 0.3) is 0 Å². The van der Waals surface area contributed by atoms with Crippen molar-refractivity contribution in [2.75, 3.05) is 6.61 Å². The summed E-state index contributed by atoms with van der Waals surface area (Å²) in [4.78, 5) is 0. The molecule has 1 aliphatic carbocycles. The second kappa shape index (κ2) is 3.96. The highest BCUT2D eigenvalue weighted by Crippen LogP contribution is 2.22. The predicted octanol–water partition coefficient (Wildman–Crippen LogP) is 2.84. The van der Waals surface area contributed by atoms with Gasteiger partial charge in [-0.1, -0.05) is 18.7 Å². The van der Waals surface area contributed by atoms with Gasteiger partial charge in [0.15, 0.2) is 0 Å². The topological polar surface area (TPSA) is 9.23 Å². The van der Waals surface area contributed by atoms with Crippen LogP contribution >= 0.6 is 0 Å². The fourth-order valence-electron chi connectivity index (χ4n) is 1.13. The summed E-state index contributed by atoms with van der Waals surface area (Å²) in [5.74, 6) is 0. The zero-order chi connectivity index (χ0) is 9.90. The molecule has 0 aliphatic heterocycles. The lowest BCUT2D eigenvalue weighted by Gasteiger charge is -2.21. The summed E-state index contributed by atoms with van der Waals surface area (Å²) in [7, 11) is 0. The molecule has 0 fully saturated rings. The van der Waals surface area contributed by atoms with E-state index in [2.05, 4.69) is 11.3 Å². The van der Waals surface area contributed by atoms with Crippen molar-refractivity contribution in [2.45, 2.75) is 25.1 Å². The molecule has 0 heterocycles. The maximum atomic E-state index is 11.8. The van der Waals surface area contributed by atoms with Crippen LogP contribution in [0.3, 0.4) is 0 Å². The minimum Gasteiger partial charge on any atom is -0.364 e. The molecule has 0 radical (unpaired) electrons. The molecule has 1 rings (SSSR count). The van der Waals surface area contributed by atoms with Crippen LogP contribution in [0.5, 0.6) is 0 Å². The summed E-state index contributed by atoms with van der Waals surface area (Å²) in [5.41, 5.74) is 0.715. The Morgan fingerprint density at radius 3 is 2.69 bits per heavy atom. The molecule has 13 heavy (non-hydrogen) atoms. The standard InChI is InChI=1S/C9H11F3O/c1-7-4-2-3-5-8(7)13-6-9(10,11)12/h2-3,8H,1,4-6H2. The van der Waals surface area contributed by atoms with E-state index in [1.165, 1.54) is 0 Å². The van der Waals surface area contributed by atoms with Crippen LogP contribution in [0.1, 0.15) is 12.8 Å². The van der Waals surface area contributed by atoms with Gasteiger partial charge >= 0.3 is 6.18 Å². The maximum Gasteiger partial charge on any atom is 0.411 e. The Morgan fingerprint density at radius 1 is 1.46 bits per heavy atom. The number of hydrogen-bond acceptors (Lipinski definition) is 1. The van der Waals surface area contributed by atoms with E-state index in [9.17, 15) is 13.2 Å². The van der Waals surface area contributed by atoms with Gasteiger partial charge in [-0.2, -0.15) is 13.2 Å². The van der Waals surface area contributed by atoms with Gasteiger partial charge in [0.2, 0.25) is 0 Å². The first kappa shape index (κ1) is 10.3. The highest BCUT2D eigenvalue weighted by Gasteiger charge is 2.29. The lowest BCUT2D eigenvalue weighted by Crippen LogP contribution is -2.25. The van der Waals surface area contributed by atoms with Gasteiger partial charge in [-0.15, -0.1) is 0 Å². The van der Waals surface area contributed by atoms with E-state index in [-0.39, 0.29) is 0 Å². The zero-order valence-corrected chi connectivity index (χ0v) is 7.10. The van der Waals surface area contributed by atoms with Gasteiger partial charge in [-0.25, -0.2) is 0 Å². The Bertz CT molecular complexity index is 217. The Morgan fingerprint density at radius 2 is 2.15 bits per heavy atom. The van der Waals surface area contributed by atoms with E-state index >= 15 is 0 Å². The molecule has 1 nitrogen and oxygen atoms in total. The molecule has 1 atom stereocenters. The molecule has 1 unspecified atom stereocenters. The highest BCUT2D eigenvalue weighted by molar-refractivity contribution is 5.14. The van der Waals surface area contributed by atoms with E-state index in [1.54, 1.807) is 0 Å². The first-order chi connectivity index (χ1) is 5.99. The minimum absolute atomic E-state index is 0.466. The molecular weight excluding hydrogens is 181 g/mol. The van der Waals surface area contributed by atoms with Crippen molar-refractivity contribution in [3.8, 4) is 0 Å². The third-order valence-electron chi connectivity index (χ3n) is 1.80. The molecule has 0 aromatic heterocycles. The molecule has 0 amide bonds. The third-order valence-corrected chi connectivity index (χ3v) is 1.80. The zero-order valence-electron chi connectivity index (χ0n) is 7.10. The van der Waals surface area contributed by atoms with Crippen LogP contribution in [-0.2, 0) is 4.74 Å². The SMILES string of the molecule is C=C1CC=CCC1OCC(F)(F)F. The second-order valence-corrected chi connectivity index (χ2v) is 2.98. The Kier molecular flexibility index (Phi) is 3.14. The van der Waals surface area contributed by atoms with E-state index in [1.807, 2.05) is 12.2 Å². The number of alkyl halides is 3. The van der Waals surface area contributed by atoms with Crippen molar-refractivity contribution in [3.05, 3.63) is 24.3 Å². The van der Waals surface area contributed by atoms with Crippen LogP contribution < -0.4 is 0 Å². The lowest BCUT2D eigenvalue weighted by atomic mass is 10.00. The van der Waals surface area contributed by atoms with Gasteiger partial charge in [-0.3, -0.25) is 0 Å². The Balaban J connectivity index is 2.37. The van der Waals surface area contributed by atoms with Crippen LogP contribution in [0.2, 0.25) is 0 Å². The molecule has 0 aromatic carbocycles. The molecular formula is C9H11F3O. The highest BCUT2D eigenvalue weighted by atomic mass is 19.4.